The highest BCUT2D eigenvalue weighted by atomic mass is 32.2. The largest absolute Gasteiger partial charge is 0.369 e. The molecule has 9 heteroatoms. The van der Waals surface area contributed by atoms with Crippen molar-refractivity contribution in [3.8, 4) is 0 Å². The molecule has 0 saturated carbocycles. The van der Waals surface area contributed by atoms with Gasteiger partial charge in [-0.1, -0.05) is 39.0 Å². The van der Waals surface area contributed by atoms with Crippen LogP contribution in [0.4, 0.5) is 16.3 Å². The van der Waals surface area contributed by atoms with Crippen molar-refractivity contribution in [2.75, 3.05) is 34.8 Å². The fraction of sp³-hybridized carbons (Fsp3) is 0.545. The third kappa shape index (κ3) is 5.03. The summed E-state index contributed by atoms with van der Waals surface area (Å²) in [7, 11) is -3.06. The SMILES string of the molecule is CC(C)(C)c1cc(NC(=O)N[C@H]2CCN(c3ccccc3)C2)n([C@@H]2CCS(=O)(=O)C2)n1. The zero-order valence-corrected chi connectivity index (χ0v) is 19.2. The van der Waals surface area contributed by atoms with E-state index in [1.165, 1.54) is 0 Å². The number of hydrogen-bond acceptors (Lipinski definition) is 5. The molecule has 4 rings (SSSR count). The molecule has 31 heavy (non-hydrogen) atoms. The van der Waals surface area contributed by atoms with Gasteiger partial charge in [0.25, 0.3) is 0 Å². The first-order valence-corrected chi connectivity index (χ1v) is 12.6. The molecular formula is C22H31N5O3S. The second kappa shape index (κ2) is 8.18. The molecule has 2 saturated heterocycles. The van der Waals surface area contributed by atoms with E-state index in [2.05, 4.69) is 32.8 Å². The second-order valence-electron chi connectivity index (χ2n) is 9.53. The maximum absolute atomic E-state index is 12.8. The maximum atomic E-state index is 12.8. The number of carbonyl (C=O) groups excluding carboxylic acids is 1. The average Bonchev–Trinajstić information content (AvgIpc) is 3.40. The molecule has 0 radical (unpaired) electrons. The predicted octanol–water partition coefficient (Wildman–Crippen LogP) is 2.94. The fourth-order valence-corrected chi connectivity index (χ4v) is 5.88. The van der Waals surface area contributed by atoms with Crippen LogP contribution in [-0.4, -0.2) is 54.9 Å². The first kappa shape index (κ1) is 21.7. The summed E-state index contributed by atoms with van der Waals surface area (Å²) < 4.78 is 25.7. The number of anilines is 2. The van der Waals surface area contributed by atoms with Crippen LogP contribution in [0, 0.1) is 0 Å². The number of nitrogens with one attached hydrogen (secondary N) is 2. The molecule has 1 aromatic heterocycles. The summed E-state index contributed by atoms with van der Waals surface area (Å²) >= 11 is 0. The van der Waals surface area contributed by atoms with Crippen molar-refractivity contribution in [3.63, 3.8) is 0 Å². The number of hydrogen-bond donors (Lipinski definition) is 2. The van der Waals surface area contributed by atoms with Crippen LogP contribution in [0.2, 0.25) is 0 Å². The van der Waals surface area contributed by atoms with Gasteiger partial charge in [-0.05, 0) is 25.0 Å². The van der Waals surface area contributed by atoms with Crippen LogP contribution in [0.3, 0.4) is 0 Å². The first-order valence-electron chi connectivity index (χ1n) is 10.8. The van der Waals surface area contributed by atoms with Crippen molar-refractivity contribution in [1.29, 1.82) is 0 Å². The Bertz CT molecular complexity index is 1040. The number of benzene rings is 1. The number of rotatable bonds is 4. The Morgan fingerprint density at radius 1 is 1.16 bits per heavy atom. The molecular weight excluding hydrogens is 414 g/mol. The summed E-state index contributed by atoms with van der Waals surface area (Å²) in [6.45, 7) is 7.79. The van der Waals surface area contributed by atoms with Gasteiger partial charge in [0.05, 0.1) is 23.2 Å². The number of aromatic nitrogens is 2. The molecule has 2 aliphatic rings. The lowest BCUT2D eigenvalue weighted by atomic mass is 9.92. The zero-order chi connectivity index (χ0) is 22.2. The molecule has 168 valence electrons. The lowest BCUT2D eigenvalue weighted by Crippen LogP contribution is -2.40. The van der Waals surface area contributed by atoms with Crippen molar-refractivity contribution in [3.05, 3.63) is 42.1 Å². The Kier molecular flexibility index (Phi) is 5.72. The van der Waals surface area contributed by atoms with Gasteiger partial charge in [-0.3, -0.25) is 5.32 Å². The zero-order valence-electron chi connectivity index (χ0n) is 18.3. The predicted molar refractivity (Wildman–Crippen MR) is 122 cm³/mol. The van der Waals surface area contributed by atoms with Crippen LogP contribution >= 0.6 is 0 Å². The summed E-state index contributed by atoms with van der Waals surface area (Å²) in [6, 6.07) is 11.5. The summed E-state index contributed by atoms with van der Waals surface area (Å²) in [5, 5.41) is 10.7. The van der Waals surface area contributed by atoms with Crippen LogP contribution in [0.5, 0.6) is 0 Å². The Hall–Kier alpha value is -2.55. The van der Waals surface area contributed by atoms with E-state index in [9.17, 15) is 13.2 Å². The van der Waals surface area contributed by atoms with E-state index in [0.717, 1.165) is 30.9 Å². The molecule has 0 unspecified atom stereocenters. The molecule has 2 amide bonds. The van der Waals surface area contributed by atoms with E-state index in [1.54, 1.807) is 4.68 Å². The summed E-state index contributed by atoms with van der Waals surface area (Å²) in [4.78, 5) is 15.0. The van der Waals surface area contributed by atoms with Crippen molar-refractivity contribution < 1.29 is 13.2 Å². The minimum atomic E-state index is -3.06. The van der Waals surface area contributed by atoms with Gasteiger partial charge in [0.15, 0.2) is 9.84 Å². The van der Waals surface area contributed by atoms with Gasteiger partial charge in [-0.25, -0.2) is 17.9 Å². The van der Waals surface area contributed by atoms with Gasteiger partial charge in [0, 0.05) is 36.3 Å². The van der Waals surface area contributed by atoms with E-state index in [0.29, 0.717) is 12.2 Å². The molecule has 2 atom stereocenters. The molecule has 2 aromatic rings. The smallest absolute Gasteiger partial charge is 0.320 e. The highest BCUT2D eigenvalue weighted by molar-refractivity contribution is 7.91. The Labute approximate surface area is 183 Å². The van der Waals surface area contributed by atoms with Gasteiger partial charge in [-0.15, -0.1) is 0 Å². The van der Waals surface area contributed by atoms with Gasteiger partial charge in [-0.2, -0.15) is 5.10 Å². The third-order valence-corrected chi connectivity index (χ3v) is 7.70. The van der Waals surface area contributed by atoms with Crippen LogP contribution in [0.1, 0.15) is 45.3 Å². The van der Waals surface area contributed by atoms with Gasteiger partial charge < -0.3 is 10.2 Å². The van der Waals surface area contributed by atoms with Crippen LogP contribution in [0.25, 0.3) is 0 Å². The number of urea groups is 1. The second-order valence-corrected chi connectivity index (χ2v) is 11.8. The van der Waals surface area contributed by atoms with Crippen LogP contribution in [0.15, 0.2) is 36.4 Å². The molecule has 2 fully saturated rings. The number of para-hydroxylation sites is 1. The monoisotopic (exact) mass is 445 g/mol. The molecule has 0 spiro atoms. The molecule has 3 heterocycles. The summed E-state index contributed by atoms with van der Waals surface area (Å²) in [5.41, 5.74) is 1.77. The Morgan fingerprint density at radius 3 is 2.55 bits per heavy atom. The quantitative estimate of drug-likeness (QED) is 0.754. The molecule has 0 bridgehead atoms. The van der Waals surface area contributed by atoms with Crippen LogP contribution in [-0.2, 0) is 15.3 Å². The molecule has 2 aliphatic heterocycles. The van der Waals surface area contributed by atoms with Gasteiger partial charge in [0.2, 0.25) is 0 Å². The maximum Gasteiger partial charge on any atom is 0.320 e. The lowest BCUT2D eigenvalue weighted by Gasteiger charge is -2.19. The molecule has 0 aliphatic carbocycles. The van der Waals surface area contributed by atoms with Crippen molar-refractivity contribution in [1.82, 2.24) is 15.1 Å². The number of carbonyl (C=O) groups is 1. The first-order chi connectivity index (χ1) is 14.6. The van der Waals surface area contributed by atoms with Gasteiger partial charge in [0.1, 0.15) is 5.82 Å². The van der Waals surface area contributed by atoms with E-state index < -0.39 is 9.84 Å². The minimum absolute atomic E-state index is 0.0468. The lowest BCUT2D eigenvalue weighted by molar-refractivity contribution is 0.249. The summed E-state index contributed by atoms with van der Waals surface area (Å²) in [5.74, 6) is 0.761. The molecule has 2 N–H and O–H groups in total. The van der Waals surface area contributed by atoms with Crippen LogP contribution < -0.4 is 15.5 Å². The fourth-order valence-electron chi connectivity index (χ4n) is 4.19. The van der Waals surface area contributed by atoms with E-state index >= 15 is 0 Å². The van der Waals surface area contributed by atoms with Crippen molar-refractivity contribution in [2.45, 2.75) is 51.1 Å². The third-order valence-electron chi connectivity index (χ3n) is 5.94. The topological polar surface area (TPSA) is 96.3 Å². The Morgan fingerprint density at radius 2 is 1.90 bits per heavy atom. The van der Waals surface area contributed by atoms with E-state index in [1.807, 2.05) is 45.0 Å². The highest BCUT2D eigenvalue weighted by Gasteiger charge is 2.33. The average molecular weight is 446 g/mol. The van der Waals surface area contributed by atoms with Crippen molar-refractivity contribution >= 4 is 27.4 Å². The van der Waals surface area contributed by atoms with E-state index in [-0.39, 0.29) is 35.0 Å². The van der Waals surface area contributed by atoms with Crippen molar-refractivity contribution in [2.24, 2.45) is 0 Å². The number of sulfone groups is 1. The number of nitrogens with zero attached hydrogens (tertiary/aromatic N) is 3. The normalized spacial score (nSPS) is 23.1. The number of amides is 2. The minimum Gasteiger partial charge on any atom is -0.369 e. The van der Waals surface area contributed by atoms with Gasteiger partial charge >= 0.3 is 6.03 Å². The highest BCUT2D eigenvalue weighted by Crippen LogP contribution is 2.31. The summed E-state index contributed by atoms with van der Waals surface area (Å²) in [6.07, 6.45) is 1.38. The van der Waals surface area contributed by atoms with E-state index in [4.69, 9.17) is 0 Å². The molecule has 8 nitrogen and oxygen atoms in total. The standard InChI is InChI=1S/C22H31N5O3S/c1-22(2,3)19-13-20(27(25-19)18-10-12-31(29,30)15-18)24-21(28)23-16-9-11-26(14-16)17-7-5-4-6-8-17/h4-8,13,16,18H,9-12,14-15H2,1-3H3,(H2,23,24,28)/t16-,18+/m0/s1. The Balaban J connectivity index is 1.44. The molecule has 1 aromatic carbocycles.